The van der Waals surface area contributed by atoms with E-state index in [2.05, 4.69) is 21.0 Å². The van der Waals surface area contributed by atoms with E-state index in [1.165, 1.54) is 11.3 Å². The Balaban J connectivity index is 1.25. The molecule has 4 aromatic rings. The molecule has 0 aromatic carbocycles. The molecule has 0 bridgehead atoms. The summed E-state index contributed by atoms with van der Waals surface area (Å²) in [5.41, 5.74) is 8.66. The lowest BCUT2D eigenvalue weighted by atomic mass is 9.63. The van der Waals surface area contributed by atoms with Crippen LogP contribution in [0, 0.1) is 11.3 Å². The van der Waals surface area contributed by atoms with Crippen molar-refractivity contribution in [3.05, 3.63) is 27.3 Å². The molecule has 3 N–H and O–H groups in total. The molecule has 14 heteroatoms. The fourth-order valence-corrected chi connectivity index (χ4v) is 10.6. The molecule has 0 radical (unpaired) electrons. The van der Waals surface area contributed by atoms with Crippen molar-refractivity contribution in [2.24, 2.45) is 0 Å². The molecule has 5 aliphatic rings. The molecule has 0 amide bonds. The van der Waals surface area contributed by atoms with Crippen LogP contribution in [-0.4, -0.2) is 85.5 Å². The number of aliphatic hydroxyl groups is 1. The third-order valence-electron chi connectivity index (χ3n) is 11.7. The predicted molar refractivity (Wildman–Crippen MR) is 178 cm³/mol. The van der Waals surface area contributed by atoms with Crippen LogP contribution in [0.5, 0.6) is 5.88 Å². The van der Waals surface area contributed by atoms with Gasteiger partial charge in [-0.05, 0) is 84.2 Å². The molecular formula is C34H40FN9O3S. The van der Waals surface area contributed by atoms with Gasteiger partial charge in [-0.1, -0.05) is 5.16 Å². The zero-order valence-electron chi connectivity index (χ0n) is 27.5. The second-order valence-electron chi connectivity index (χ2n) is 14.8. The van der Waals surface area contributed by atoms with E-state index in [9.17, 15) is 10.4 Å². The Labute approximate surface area is 281 Å². The first-order valence-corrected chi connectivity index (χ1v) is 18.0. The lowest BCUT2D eigenvalue weighted by Crippen LogP contribution is -2.53. The minimum absolute atomic E-state index is 0.00367. The van der Waals surface area contributed by atoms with Gasteiger partial charge in [0.2, 0.25) is 5.88 Å². The third kappa shape index (κ3) is 4.23. The van der Waals surface area contributed by atoms with E-state index in [-0.39, 0.29) is 18.1 Å². The summed E-state index contributed by atoms with van der Waals surface area (Å²) in [4.78, 5) is 15.7. The molecule has 0 unspecified atom stereocenters. The average Bonchev–Trinajstić information content (AvgIpc) is 3.81. The number of ether oxygens (including phenoxy) is 1. The topological polar surface area (TPSA) is 155 Å². The molecule has 6 atom stereocenters. The van der Waals surface area contributed by atoms with Gasteiger partial charge in [0.25, 0.3) is 0 Å². The zero-order chi connectivity index (χ0) is 33.1. The van der Waals surface area contributed by atoms with E-state index in [4.69, 9.17) is 30.1 Å². The molecule has 4 aromatic heterocycles. The van der Waals surface area contributed by atoms with Gasteiger partial charge >= 0.3 is 0 Å². The fourth-order valence-electron chi connectivity index (χ4n) is 9.45. The average molecular weight is 674 g/mol. The number of rotatable bonds is 3. The van der Waals surface area contributed by atoms with Crippen molar-refractivity contribution in [3.63, 3.8) is 0 Å². The van der Waals surface area contributed by atoms with Gasteiger partial charge in [-0.2, -0.15) is 5.26 Å². The molecule has 12 nitrogen and oxygen atoms in total. The number of nitrogen functional groups attached to an aromatic ring is 1. The van der Waals surface area contributed by atoms with Gasteiger partial charge < -0.3 is 25.0 Å². The van der Waals surface area contributed by atoms with Gasteiger partial charge in [-0.25, -0.2) is 19.0 Å². The number of aryl methyl sites for hydroxylation is 1. The molecule has 3 aliphatic heterocycles. The highest BCUT2D eigenvalue weighted by atomic mass is 32.1. The molecule has 9 rings (SSSR count). The fraction of sp³-hybridized carbons (Fsp3) is 0.618. The molecule has 48 heavy (non-hydrogen) atoms. The minimum atomic E-state index is -0.993. The SMILES string of the molecule is C[C@@H]([C@@H]1[C@@H](F)CCN1C)n1nc2c3c(nc(-c4noc5c4CCC[C@@]54CCCc5sc(N)c(C#N)c54)nc31)N1C[C@](C)(O)CC[C@@H]1CO2. The number of fused-ring (bicyclic) bond motifs is 6. The Morgan fingerprint density at radius 3 is 2.77 bits per heavy atom. The second kappa shape index (κ2) is 10.6. The number of hydrogen-bond acceptors (Lipinski definition) is 12. The van der Waals surface area contributed by atoms with Crippen molar-refractivity contribution in [3.8, 4) is 23.5 Å². The van der Waals surface area contributed by atoms with Crippen LogP contribution < -0.4 is 15.4 Å². The van der Waals surface area contributed by atoms with E-state index >= 15 is 4.39 Å². The molecule has 0 saturated carbocycles. The molecule has 252 valence electrons. The minimum Gasteiger partial charge on any atom is -0.474 e. The normalized spacial score (nSPS) is 30.4. The first-order chi connectivity index (χ1) is 23.1. The number of halogens is 1. The first-order valence-electron chi connectivity index (χ1n) is 17.2. The maximum atomic E-state index is 15.3. The highest BCUT2D eigenvalue weighted by Gasteiger charge is 2.49. The number of nitrogens with two attached hydrogens (primary N) is 1. The lowest BCUT2D eigenvalue weighted by Gasteiger charge is -2.42. The predicted octanol–water partition coefficient (Wildman–Crippen LogP) is 4.67. The quantitative estimate of drug-likeness (QED) is 0.312. The van der Waals surface area contributed by atoms with Crippen molar-refractivity contribution >= 4 is 33.2 Å². The first kappa shape index (κ1) is 30.3. The number of aromatic nitrogens is 5. The van der Waals surface area contributed by atoms with Crippen LogP contribution >= 0.6 is 11.3 Å². The largest absolute Gasteiger partial charge is 0.474 e. The van der Waals surface area contributed by atoms with Crippen molar-refractivity contribution in [2.75, 3.05) is 37.4 Å². The standard InChI is InChI=1S/C34H40FN9O3S/c1-17(26-21(35)9-13-42(26)3)44-31-23-30(43-16-33(2,45)12-8-18(43)15-46-32(23)40-44)38-29(39-31)25-19-6-4-10-34(27(19)47-41-25)11-5-7-22-24(34)20(14-36)28(37)48-22/h17-18,21,26,45H,4-13,15-16,37H2,1-3H3/t17-,18+,21-,26+,33+,34-/m0/s1. The molecule has 1 spiro atoms. The van der Waals surface area contributed by atoms with Crippen LogP contribution in [-0.2, 0) is 18.3 Å². The van der Waals surface area contributed by atoms with E-state index in [0.717, 1.165) is 66.7 Å². The van der Waals surface area contributed by atoms with Gasteiger partial charge in [0.15, 0.2) is 22.9 Å². The van der Waals surface area contributed by atoms with Crippen LogP contribution in [0.3, 0.4) is 0 Å². The summed E-state index contributed by atoms with van der Waals surface area (Å²) in [5.74, 6) is 2.26. The molecule has 7 heterocycles. The smallest absolute Gasteiger partial charge is 0.246 e. The van der Waals surface area contributed by atoms with Gasteiger partial charge in [-0.3, -0.25) is 4.90 Å². The summed E-state index contributed by atoms with van der Waals surface area (Å²) < 4.78 is 29.8. The van der Waals surface area contributed by atoms with Crippen molar-refractivity contribution in [1.29, 1.82) is 5.26 Å². The van der Waals surface area contributed by atoms with Crippen molar-refractivity contribution < 1.29 is 18.8 Å². The number of nitriles is 1. The Bertz CT molecular complexity index is 1980. The van der Waals surface area contributed by atoms with Crippen molar-refractivity contribution in [2.45, 2.75) is 107 Å². The summed E-state index contributed by atoms with van der Waals surface area (Å²) in [6.45, 7) is 5.29. The molecule has 2 saturated heterocycles. The molecule has 2 fully saturated rings. The Kier molecular flexibility index (Phi) is 6.68. The number of thiophene rings is 1. The van der Waals surface area contributed by atoms with E-state index < -0.39 is 17.2 Å². The summed E-state index contributed by atoms with van der Waals surface area (Å²) >= 11 is 1.52. The molecule has 2 aliphatic carbocycles. The van der Waals surface area contributed by atoms with Gasteiger partial charge in [0.1, 0.15) is 35.1 Å². The Morgan fingerprint density at radius 1 is 1.19 bits per heavy atom. The number of nitrogens with zero attached hydrogens (tertiary/aromatic N) is 8. The number of hydrogen-bond donors (Lipinski definition) is 2. The van der Waals surface area contributed by atoms with Crippen molar-refractivity contribution in [1.82, 2.24) is 29.8 Å². The lowest BCUT2D eigenvalue weighted by molar-refractivity contribution is 0.0321. The van der Waals surface area contributed by atoms with Gasteiger partial charge in [0, 0.05) is 23.5 Å². The Morgan fingerprint density at radius 2 is 2.00 bits per heavy atom. The van der Waals surface area contributed by atoms with E-state index in [1.54, 1.807) is 4.68 Å². The van der Waals surface area contributed by atoms with Gasteiger partial charge in [-0.15, -0.1) is 16.4 Å². The number of anilines is 2. The monoisotopic (exact) mass is 673 g/mol. The summed E-state index contributed by atoms with van der Waals surface area (Å²) in [7, 11) is 1.95. The number of likely N-dealkylation sites (tertiary alicyclic amines) is 1. The number of piperidine rings is 1. The summed E-state index contributed by atoms with van der Waals surface area (Å²) in [6, 6.07) is 1.68. The van der Waals surface area contributed by atoms with Crippen LogP contribution in [0.15, 0.2) is 4.52 Å². The number of likely N-dealkylation sites (N-methyl/N-ethyl adjacent to an activating group) is 1. The highest BCUT2D eigenvalue weighted by molar-refractivity contribution is 7.16. The highest BCUT2D eigenvalue weighted by Crippen LogP contribution is 2.55. The Hall–Kier alpha value is -3.80. The summed E-state index contributed by atoms with van der Waals surface area (Å²) in [5, 5.41) is 32.2. The second-order valence-corrected chi connectivity index (χ2v) is 16.0. The van der Waals surface area contributed by atoms with E-state index in [0.29, 0.717) is 77.4 Å². The van der Waals surface area contributed by atoms with Gasteiger partial charge in [0.05, 0.1) is 34.7 Å². The van der Waals surface area contributed by atoms with Crippen LogP contribution in [0.2, 0.25) is 0 Å². The van der Waals surface area contributed by atoms with Crippen LogP contribution in [0.25, 0.3) is 22.6 Å². The molecular weight excluding hydrogens is 633 g/mol. The van der Waals surface area contributed by atoms with Crippen LogP contribution in [0.4, 0.5) is 15.2 Å². The maximum Gasteiger partial charge on any atom is 0.246 e. The van der Waals surface area contributed by atoms with Crippen LogP contribution in [0.1, 0.15) is 92.2 Å². The summed E-state index contributed by atoms with van der Waals surface area (Å²) in [6.07, 6.45) is 6.08. The maximum absolute atomic E-state index is 15.3. The van der Waals surface area contributed by atoms with E-state index in [1.807, 2.05) is 20.9 Å². The number of alkyl halides is 1. The zero-order valence-corrected chi connectivity index (χ0v) is 28.3. The third-order valence-corrected chi connectivity index (χ3v) is 12.8.